The van der Waals surface area contributed by atoms with Crippen molar-refractivity contribution in [3.05, 3.63) is 58.1 Å². The Bertz CT molecular complexity index is 515. The standard InChI is InChI=1S/C15H16ClNS/c1-10-3-6-15(11(2)7-10)18-9-12-4-5-13(16)8-14(12)17/h3-8H,9,17H2,1-2H3. The van der Waals surface area contributed by atoms with Crippen molar-refractivity contribution in [2.45, 2.75) is 24.5 Å². The van der Waals surface area contributed by atoms with Crippen LogP contribution in [0.4, 0.5) is 5.69 Å². The molecule has 0 fully saturated rings. The molecule has 1 nitrogen and oxygen atoms in total. The molecule has 0 atom stereocenters. The maximum atomic E-state index is 5.95. The molecule has 0 saturated heterocycles. The number of halogens is 1. The van der Waals surface area contributed by atoms with E-state index in [-0.39, 0.29) is 0 Å². The third kappa shape index (κ3) is 3.21. The van der Waals surface area contributed by atoms with Gasteiger partial charge in [0.1, 0.15) is 0 Å². The predicted molar refractivity (Wildman–Crippen MR) is 81.3 cm³/mol. The molecule has 2 aromatic rings. The lowest BCUT2D eigenvalue weighted by atomic mass is 10.2. The van der Waals surface area contributed by atoms with Gasteiger partial charge in [0, 0.05) is 21.4 Å². The van der Waals surface area contributed by atoms with Gasteiger partial charge in [0.25, 0.3) is 0 Å². The first-order valence-corrected chi connectivity index (χ1v) is 7.16. The predicted octanol–water partition coefficient (Wildman–Crippen LogP) is 4.83. The van der Waals surface area contributed by atoms with E-state index in [9.17, 15) is 0 Å². The van der Waals surface area contributed by atoms with E-state index in [1.54, 1.807) is 17.8 Å². The fourth-order valence-electron chi connectivity index (χ4n) is 1.81. The summed E-state index contributed by atoms with van der Waals surface area (Å²) in [7, 11) is 0. The molecule has 0 amide bonds. The second-order valence-electron chi connectivity index (χ2n) is 4.40. The van der Waals surface area contributed by atoms with Gasteiger partial charge in [-0.15, -0.1) is 11.8 Å². The second-order valence-corrected chi connectivity index (χ2v) is 5.85. The second kappa shape index (κ2) is 5.68. The molecule has 0 spiro atoms. The van der Waals surface area contributed by atoms with Crippen molar-refractivity contribution in [3.8, 4) is 0 Å². The minimum absolute atomic E-state index is 0.688. The van der Waals surface area contributed by atoms with Crippen molar-refractivity contribution in [3.63, 3.8) is 0 Å². The maximum Gasteiger partial charge on any atom is 0.0426 e. The van der Waals surface area contributed by atoms with E-state index in [2.05, 4.69) is 32.0 Å². The fraction of sp³-hybridized carbons (Fsp3) is 0.200. The van der Waals surface area contributed by atoms with Crippen LogP contribution in [-0.4, -0.2) is 0 Å². The maximum absolute atomic E-state index is 5.95. The van der Waals surface area contributed by atoms with Crippen LogP contribution in [0.1, 0.15) is 16.7 Å². The average Bonchev–Trinajstić information content (AvgIpc) is 2.30. The first-order valence-electron chi connectivity index (χ1n) is 5.80. The summed E-state index contributed by atoms with van der Waals surface area (Å²) in [5.41, 5.74) is 10.4. The van der Waals surface area contributed by atoms with Crippen molar-refractivity contribution in [2.75, 3.05) is 5.73 Å². The zero-order valence-corrected chi connectivity index (χ0v) is 12.1. The van der Waals surface area contributed by atoms with Crippen LogP contribution in [0.15, 0.2) is 41.3 Å². The van der Waals surface area contributed by atoms with Gasteiger partial charge in [0.2, 0.25) is 0 Å². The lowest BCUT2D eigenvalue weighted by Crippen LogP contribution is -1.92. The van der Waals surface area contributed by atoms with Crippen LogP contribution in [0.25, 0.3) is 0 Å². The zero-order valence-electron chi connectivity index (χ0n) is 10.5. The van der Waals surface area contributed by atoms with Crippen LogP contribution >= 0.6 is 23.4 Å². The quantitative estimate of drug-likeness (QED) is 0.642. The van der Waals surface area contributed by atoms with Gasteiger partial charge in [-0.25, -0.2) is 0 Å². The molecule has 0 aromatic heterocycles. The molecule has 2 N–H and O–H groups in total. The third-order valence-electron chi connectivity index (χ3n) is 2.82. The van der Waals surface area contributed by atoms with Crippen molar-refractivity contribution in [1.82, 2.24) is 0 Å². The Morgan fingerprint density at radius 2 is 1.89 bits per heavy atom. The van der Waals surface area contributed by atoms with Gasteiger partial charge < -0.3 is 5.73 Å². The number of rotatable bonds is 3. The molecule has 0 radical (unpaired) electrons. The van der Waals surface area contributed by atoms with Crippen molar-refractivity contribution in [2.24, 2.45) is 0 Å². The highest BCUT2D eigenvalue weighted by atomic mass is 35.5. The molecule has 18 heavy (non-hydrogen) atoms. The average molecular weight is 278 g/mol. The number of nitrogen functional groups attached to an aromatic ring is 1. The molecular weight excluding hydrogens is 262 g/mol. The van der Waals surface area contributed by atoms with Crippen LogP contribution in [0.2, 0.25) is 5.02 Å². The summed E-state index contributed by atoms with van der Waals surface area (Å²) in [5.74, 6) is 0.868. The van der Waals surface area contributed by atoms with Crippen molar-refractivity contribution < 1.29 is 0 Å². The number of nitrogens with two attached hydrogens (primary N) is 1. The molecule has 2 aromatic carbocycles. The SMILES string of the molecule is Cc1ccc(SCc2ccc(Cl)cc2N)c(C)c1. The van der Waals surface area contributed by atoms with Crippen LogP contribution < -0.4 is 5.73 Å². The van der Waals surface area contributed by atoms with Crippen LogP contribution in [-0.2, 0) is 5.75 Å². The Kier molecular flexibility index (Phi) is 4.20. The molecule has 0 aliphatic rings. The Labute approximate surface area is 117 Å². The Morgan fingerprint density at radius 3 is 2.56 bits per heavy atom. The Hall–Kier alpha value is -1.12. The van der Waals surface area contributed by atoms with E-state index >= 15 is 0 Å². The van der Waals surface area contributed by atoms with E-state index in [1.807, 2.05) is 12.1 Å². The first-order chi connectivity index (χ1) is 8.56. The molecule has 2 rings (SSSR count). The van der Waals surface area contributed by atoms with Gasteiger partial charge >= 0.3 is 0 Å². The minimum atomic E-state index is 0.688. The molecular formula is C15H16ClNS. The van der Waals surface area contributed by atoms with E-state index in [0.29, 0.717) is 5.02 Å². The Morgan fingerprint density at radius 1 is 1.11 bits per heavy atom. The number of benzene rings is 2. The number of aryl methyl sites for hydroxylation is 2. The van der Waals surface area contributed by atoms with E-state index in [4.69, 9.17) is 17.3 Å². The van der Waals surface area contributed by atoms with Crippen LogP contribution in [0, 0.1) is 13.8 Å². The summed E-state index contributed by atoms with van der Waals surface area (Å²) in [4.78, 5) is 1.30. The van der Waals surface area contributed by atoms with Gasteiger partial charge in [0.15, 0.2) is 0 Å². The topological polar surface area (TPSA) is 26.0 Å². The first kappa shape index (κ1) is 13.3. The summed E-state index contributed by atoms with van der Waals surface area (Å²) in [5, 5.41) is 0.688. The number of thioether (sulfide) groups is 1. The third-order valence-corrected chi connectivity index (χ3v) is 4.28. The smallest absolute Gasteiger partial charge is 0.0426 e. The molecule has 0 heterocycles. The summed E-state index contributed by atoms with van der Waals surface area (Å²) >= 11 is 7.70. The number of hydrogen-bond donors (Lipinski definition) is 1. The van der Waals surface area contributed by atoms with Gasteiger partial charge in [0.05, 0.1) is 0 Å². The highest BCUT2D eigenvalue weighted by molar-refractivity contribution is 7.98. The minimum Gasteiger partial charge on any atom is -0.398 e. The number of hydrogen-bond acceptors (Lipinski definition) is 2. The molecule has 0 saturated carbocycles. The molecule has 0 aliphatic heterocycles. The summed E-state index contributed by atoms with van der Waals surface area (Å²) in [6.07, 6.45) is 0. The number of anilines is 1. The van der Waals surface area contributed by atoms with E-state index in [1.165, 1.54) is 16.0 Å². The van der Waals surface area contributed by atoms with E-state index < -0.39 is 0 Å². The lowest BCUT2D eigenvalue weighted by Gasteiger charge is -2.08. The van der Waals surface area contributed by atoms with Gasteiger partial charge in [-0.3, -0.25) is 0 Å². The largest absolute Gasteiger partial charge is 0.398 e. The van der Waals surface area contributed by atoms with Gasteiger partial charge in [-0.2, -0.15) is 0 Å². The molecule has 0 unspecified atom stereocenters. The van der Waals surface area contributed by atoms with E-state index in [0.717, 1.165) is 17.0 Å². The highest BCUT2D eigenvalue weighted by Crippen LogP contribution is 2.29. The summed E-state index contributed by atoms with van der Waals surface area (Å²) in [6, 6.07) is 12.2. The van der Waals surface area contributed by atoms with Crippen LogP contribution in [0.5, 0.6) is 0 Å². The van der Waals surface area contributed by atoms with Gasteiger partial charge in [-0.1, -0.05) is 35.4 Å². The van der Waals surface area contributed by atoms with Gasteiger partial charge in [-0.05, 0) is 43.2 Å². The molecule has 0 aliphatic carbocycles. The summed E-state index contributed by atoms with van der Waals surface area (Å²) < 4.78 is 0. The normalized spacial score (nSPS) is 10.6. The van der Waals surface area contributed by atoms with Crippen molar-refractivity contribution in [1.29, 1.82) is 0 Å². The molecule has 94 valence electrons. The monoisotopic (exact) mass is 277 g/mol. The fourth-order valence-corrected chi connectivity index (χ4v) is 3.02. The lowest BCUT2D eigenvalue weighted by molar-refractivity contribution is 1.26. The van der Waals surface area contributed by atoms with Crippen LogP contribution in [0.3, 0.4) is 0 Å². The Balaban J connectivity index is 2.11. The summed E-state index contributed by atoms with van der Waals surface area (Å²) in [6.45, 7) is 4.25. The molecule has 0 bridgehead atoms. The zero-order chi connectivity index (χ0) is 13.1. The highest BCUT2D eigenvalue weighted by Gasteiger charge is 2.03. The molecule has 3 heteroatoms. The van der Waals surface area contributed by atoms with Crippen molar-refractivity contribution >= 4 is 29.1 Å².